The first kappa shape index (κ1) is 20.3. The first-order chi connectivity index (χ1) is 15.6. The van der Waals surface area contributed by atoms with Crippen molar-refractivity contribution in [2.24, 2.45) is 0 Å². The monoisotopic (exact) mass is 441 g/mol. The van der Waals surface area contributed by atoms with Gasteiger partial charge in [0.1, 0.15) is 29.1 Å². The zero-order valence-corrected chi connectivity index (χ0v) is 18.7. The van der Waals surface area contributed by atoms with Gasteiger partial charge in [0.05, 0.1) is 11.7 Å². The lowest BCUT2D eigenvalue weighted by atomic mass is 10.0. The second kappa shape index (κ2) is 8.48. The molecule has 2 atom stereocenters. The van der Waals surface area contributed by atoms with Crippen LogP contribution in [0.2, 0.25) is 0 Å². The molecule has 5 nitrogen and oxygen atoms in total. The molecule has 2 aromatic heterocycles. The van der Waals surface area contributed by atoms with Gasteiger partial charge >= 0.3 is 0 Å². The van der Waals surface area contributed by atoms with Gasteiger partial charge in [-0.25, -0.2) is 0 Å². The van der Waals surface area contributed by atoms with Crippen molar-refractivity contribution in [3.63, 3.8) is 0 Å². The summed E-state index contributed by atoms with van der Waals surface area (Å²) in [5.41, 5.74) is 3.07. The topological polar surface area (TPSA) is 50.5 Å². The van der Waals surface area contributed by atoms with Crippen LogP contribution in [0.4, 0.5) is 5.69 Å². The van der Waals surface area contributed by atoms with Crippen LogP contribution in [0.15, 0.2) is 89.5 Å². The zero-order valence-electron chi connectivity index (χ0n) is 17.9. The number of thiocarbonyl (C=S) groups is 1. The fourth-order valence-electron chi connectivity index (χ4n) is 3.95. The Hall–Kier alpha value is -3.64. The minimum absolute atomic E-state index is 0.127. The van der Waals surface area contributed by atoms with Crippen LogP contribution in [0.25, 0.3) is 0 Å². The first-order valence-corrected chi connectivity index (χ1v) is 10.9. The fraction of sp³-hybridized carbons (Fsp3) is 0.154. The number of furan rings is 1. The molecule has 5 rings (SSSR count). The van der Waals surface area contributed by atoms with Crippen LogP contribution in [-0.4, -0.2) is 10.1 Å². The zero-order chi connectivity index (χ0) is 22.1. The van der Waals surface area contributed by atoms with Gasteiger partial charge in [-0.1, -0.05) is 23.8 Å². The highest BCUT2D eigenvalue weighted by molar-refractivity contribution is 7.80. The van der Waals surface area contributed by atoms with Crippen LogP contribution in [0.3, 0.4) is 0 Å². The Labute approximate surface area is 192 Å². The summed E-state index contributed by atoms with van der Waals surface area (Å²) in [4.78, 5) is 6.65. The number of rotatable bonds is 5. The van der Waals surface area contributed by atoms with Crippen LogP contribution >= 0.6 is 12.2 Å². The summed E-state index contributed by atoms with van der Waals surface area (Å²) in [6.45, 7) is 4.00. The van der Waals surface area contributed by atoms with Crippen molar-refractivity contribution in [3.05, 3.63) is 108 Å². The van der Waals surface area contributed by atoms with E-state index in [1.54, 1.807) is 6.20 Å². The molecule has 0 radical (unpaired) electrons. The summed E-state index contributed by atoms with van der Waals surface area (Å²) in [5, 5.41) is 4.07. The summed E-state index contributed by atoms with van der Waals surface area (Å²) in [7, 11) is 0. The van der Waals surface area contributed by atoms with Gasteiger partial charge in [0.2, 0.25) is 0 Å². The van der Waals surface area contributed by atoms with E-state index < -0.39 is 0 Å². The molecule has 4 aromatic rings. The Kier molecular flexibility index (Phi) is 5.37. The average molecular weight is 442 g/mol. The molecular weight excluding hydrogens is 418 g/mol. The molecule has 1 aliphatic rings. The van der Waals surface area contributed by atoms with E-state index in [1.807, 2.05) is 85.8 Å². The number of anilines is 1. The summed E-state index contributed by atoms with van der Waals surface area (Å²) in [5.74, 6) is 3.27. The van der Waals surface area contributed by atoms with Gasteiger partial charge in [0.25, 0.3) is 0 Å². The lowest BCUT2D eigenvalue weighted by Crippen LogP contribution is -2.29. The second-order valence-corrected chi connectivity index (χ2v) is 8.24. The molecule has 6 heteroatoms. The molecule has 1 aliphatic heterocycles. The standard InChI is InChI=1S/C26H23N3O2S/c1-17-6-11-20(12-7-17)31-21-13-9-19(10-14-21)29-25(23-15-8-18(2)30-23)24(28-26(29)32)22-5-3-4-16-27-22/h3-16,24-25H,1-2H3,(H,28,32)/t24-,25+/m1/s1. The Balaban J connectivity index is 1.46. The lowest BCUT2D eigenvalue weighted by molar-refractivity contribution is 0.418. The average Bonchev–Trinajstić information content (AvgIpc) is 3.39. The van der Waals surface area contributed by atoms with Crippen LogP contribution < -0.4 is 15.0 Å². The van der Waals surface area contributed by atoms with Crippen molar-refractivity contribution < 1.29 is 9.15 Å². The minimum Gasteiger partial charge on any atom is -0.464 e. The van der Waals surface area contributed by atoms with E-state index in [9.17, 15) is 0 Å². The number of aromatic nitrogens is 1. The highest BCUT2D eigenvalue weighted by atomic mass is 32.1. The maximum absolute atomic E-state index is 6.04. The smallest absolute Gasteiger partial charge is 0.174 e. The second-order valence-electron chi connectivity index (χ2n) is 7.85. The van der Waals surface area contributed by atoms with Crippen LogP contribution in [0.1, 0.15) is 34.9 Å². The van der Waals surface area contributed by atoms with Crippen molar-refractivity contribution in [1.29, 1.82) is 0 Å². The Morgan fingerprint density at radius 3 is 2.25 bits per heavy atom. The van der Waals surface area contributed by atoms with E-state index in [1.165, 1.54) is 5.56 Å². The summed E-state index contributed by atoms with van der Waals surface area (Å²) in [6.07, 6.45) is 1.80. The molecule has 32 heavy (non-hydrogen) atoms. The molecule has 0 aliphatic carbocycles. The van der Waals surface area contributed by atoms with Gasteiger partial charge < -0.3 is 19.4 Å². The maximum atomic E-state index is 6.04. The number of hydrogen-bond acceptors (Lipinski definition) is 4. The normalized spacial score (nSPS) is 17.9. The number of hydrogen-bond donors (Lipinski definition) is 1. The van der Waals surface area contributed by atoms with E-state index in [4.69, 9.17) is 21.4 Å². The molecule has 1 N–H and O–H groups in total. The van der Waals surface area contributed by atoms with E-state index in [-0.39, 0.29) is 12.1 Å². The molecule has 2 aromatic carbocycles. The van der Waals surface area contributed by atoms with Crippen molar-refractivity contribution in [2.45, 2.75) is 25.9 Å². The van der Waals surface area contributed by atoms with E-state index in [0.29, 0.717) is 5.11 Å². The van der Waals surface area contributed by atoms with E-state index >= 15 is 0 Å². The SMILES string of the molecule is Cc1ccc(Oc2ccc(N3C(=S)N[C@H](c4ccccn4)[C@@H]3c3ccc(C)o3)cc2)cc1. The molecule has 3 heterocycles. The van der Waals surface area contributed by atoms with Gasteiger partial charge in [-0.3, -0.25) is 4.98 Å². The van der Waals surface area contributed by atoms with Gasteiger partial charge in [0, 0.05) is 11.9 Å². The third kappa shape index (κ3) is 3.97. The molecule has 160 valence electrons. The van der Waals surface area contributed by atoms with Crippen LogP contribution in [0.5, 0.6) is 11.5 Å². The van der Waals surface area contributed by atoms with Gasteiger partial charge in [-0.15, -0.1) is 0 Å². The quantitative estimate of drug-likeness (QED) is 0.369. The predicted octanol–water partition coefficient (Wildman–Crippen LogP) is 6.26. The first-order valence-electron chi connectivity index (χ1n) is 10.5. The van der Waals surface area contributed by atoms with Gasteiger partial charge in [-0.2, -0.15) is 0 Å². The predicted molar refractivity (Wildman–Crippen MR) is 129 cm³/mol. The highest BCUT2D eigenvalue weighted by Crippen LogP contribution is 2.42. The van der Waals surface area contributed by atoms with Crippen molar-refractivity contribution >= 4 is 23.0 Å². The van der Waals surface area contributed by atoms with Crippen LogP contribution in [0, 0.1) is 13.8 Å². The number of aryl methyl sites for hydroxylation is 2. The third-order valence-corrected chi connectivity index (χ3v) is 5.84. The molecule has 1 fully saturated rings. The molecule has 0 amide bonds. The van der Waals surface area contributed by atoms with E-state index in [2.05, 4.69) is 22.1 Å². The molecule has 0 unspecified atom stereocenters. The fourth-order valence-corrected chi connectivity index (χ4v) is 4.30. The number of nitrogens with one attached hydrogen (secondary N) is 1. The molecular formula is C26H23N3O2S. The summed E-state index contributed by atoms with van der Waals surface area (Å²) >= 11 is 5.75. The Morgan fingerprint density at radius 1 is 0.906 bits per heavy atom. The van der Waals surface area contributed by atoms with Crippen molar-refractivity contribution in [2.75, 3.05) is 4.90 Å². The molecule has 0 saturated carbocycles. The van der Waals surface area contributed by atoms with Crippen molar-refractivity contribution in [3.8, 4) is 11.5 Å². The highest BCUT2D eigenvalue weighted by Gasteiger charge is 2.42. The van der Waals surface area contributed by atoms with Crippen molar-refractivity contribution in [1.82, 2.24) is 10.3 Å². The van der Waals surface area contributed by atoms with E-state index in [0.717, 1.165) is 34.4 Å². The summed E-state index contributed by atoms with van der Waals surface area (Å²) < 4.78 is 12.0. The van der Waals surface area contributed by atoms with Crippen LogP contribution in [-0.2, 0) is 0 Å². The summed E-state index contributed by atoms with van der Waals surface area (Å²) in [6, 6.07) is 25.5. The minimum atomic E-state index is -0.157. The number of ether oxygens (including phenoxy) is 1. The Morgan fingerprint density at radius 2 is 1.62 bits per heavy atom. The lowest BCUT2D eigenvalue weighted by Gasteiger charge is -2.26. The van der Waals surface area contributed by atoms with Gasteiger partial charge in [-0.05, 0) is 86.7 Å². The maximum Gasteiger partial charge on any atom is 0.174 e. The molecule has 1 saturated heterocycles. The largest absolute Gasteiger partial charge is 0.464 e. The third-order valence-electron chi connectivity index (χ3n) is 5.52. The molecule has 0 bridgehead atoms. The van der Waals surface area contributed by atoms with Gasteiger partial charge in [0.15, 0.2) is 5.11 Å². The number of nitrogens with zero attached hydrogens (tertiary/aromatic N) is 2. The Bertz CT molecular complexity index is 1220. The number of pyridine rings is 1. The molecule has 0 spiro atoms. The number of benzene rings is 2.